The van der Waals surface area contributed by atoms with Crippen LogP contribution in [0.2, 0.25) is 0 Å². The number of nitrogens with zero attached hydrogens (tertiary/aromatic N) is 3. The molecular formula is C23H30N4O2. The number of fused-ring (bicyclic) bond motifs is 1. The molecule has 6 heteroatoms. The molecule has 1 fully saturated rings. The monoisotopic (exact) mass is 394 g/mol. The molecule has 0 aliphatic carbocycles. The molecule has 2 aromatic heterocycles. The van der Waals surface area contributed by atoms with Gasteiger partial charge in [-0.1, -0.05) is 29.8 Å². The summed E-state index contributed by atoms with van der Waals surface area (Å²) in [5.41, 5.74) is 5.60. The maximum Gasteiger partial charge on any atom is 0.272 e. The van der Waals surface area contributed by atoms with Gasteiger partial charge in [-0.05, 0) is 52.3 Å². The van der Waals surface area contributed by atoms with E-state index in [1.54, 1.807) is 17.7 Å². The van der Waals surface area contributed by atoms with Crippen LogP contribution in [0.4, 0.5) is 0 Å². The lowest BCUT2D eigenvalue weighted by atomic mass is 9.92. The first-order chi connectivity index (χ1) is 14.0. The normalized spacial score (nSPS) is 16.2. The molecule has 4 rings (SSSR count). The fraction of sp³-hybridized carbons (Fsp3) is 0.478. The molecule has 1 N–H and O–H groups in total. The molecule has 1 aliphatic heterocycles. The summed E-state index contributed by atoms with van der Waals surface area (Å²) in [7, 11) is 1.66. The van der Waals surface area contributed by atoms with Crippen molar-refractivity contribution in [2.75, 3.05) is 20.2 Å². The number of hydrogen-bond acceptors (Lipinski definition) is 4. The Morgan fingerprint density at radius 2 is 1.90 bits per heavy atom. The lowest BCUT2D eigenvalue weighted by Gasteiger charge is -2.34. The number of methoxy groups -OCH3 is 1. The zero-order valence-electron chi connectivity index (χ0n) is 17.7. The highest BCUT2D eigenvalue weighted by molar-refractivity contribution is 5.80. The molecule has 0 radical (unpaired) electrons. The van der Waals surface area contributed by atoms with E-state index in [1.165, 1.54) is 5.56 Å². The molecule has 1 saturated heterocycles. The predicted molar refractivity (Wildman–Crippen MR) is 115 cm³/mol. The van der Waals surface area contributed by atoms with Crippen LogP contribution in [0.25, 0.3) is 16.8 Å². The summed E-state index contributed by atoms with van der Waals surface area (Å²) in [5.74, 6) is 0.328. The Morgan fingerprint density at radius 1 is 1.21 bits per heavy atom. The summed E-state index contributed by atoms with van der Waals surface area (Å²) in [6, 6.07) is 10.6. The molecule has 6 nitrogen and oxygen atoms in total. The molecule has 3 aromatic rings. The maximum atomic E-state index is 12.9. The summed E-state index contributed by atoms with van der Waals surface area (Å²) in [4.78, 5) is 20.4. The van der Waals surface area contributed by atoms with Gasteiger partial charge in [0.05, 0.1) is 18.0 Å². The van der Waals surface area contributed by atoms with Gasteiger partial charge in [0.15, 0.2) is 5.65 Å². The van der Waals surface area contributed by atoms with E-state index in [0.717, 1.165) is 48.4 Å². The number of rotatable bonds is 5. The largest absolute Gasteiger partial charge is 0.378 e. The van der Waals surface area contributed by atoms with Crippen molar-refractivity contribution in [3.05, 3.63) is 57.6 Å². The van der Waals surface area contributed by atoms with Gasteiger partial charge >= 0.3 is 0 Å². The van der Waals surface area contributed by atoms with Crippen molar-refractivity contribution in [3.63, 3.8) is 0 Å². The third-order valence-corrected chi connectivity index (χ3v) is 6.02. The second-order valence-corrected chi connectivity index (χ2v) is 8.35. The Kier molecular flexibility index (Phi) is 5.56. The summed E-state index contributed by atoms with van der Waals surface area (Å²) in [6.07, 6.45) is 2.08. The van der Waals surface area contributed by atoms with Crippen molar-refractivity contribution in [1.82, 2.24) is 19.5 Å². The zero-order chi connectivity index (χ0) is 20.5. The number of hydrogen-bond donors (Lipinski definition) is 1. The molecule has 1 aromatic carbocycles. The number of aromatic amines is 1. The molecule has 0 bridgehead atoms. The second-order valence-electron chi connectivity index (χ2n) is 8.35. The van der Waals surface area contributed by atoms with Gasteiger partial charge < -0.3 is 9.64 Å². The number of likely N-dealkylation sites (tertiary alicyclic amines) is 1. The standard InChI is InChI=1S/C23H30N4O2/c1-15(2)26-11-9-17(10-12-26)19-13-21(28)27-23(24-19)22(20(25-27)14-29-4)18-7-5-16(3)6-8-18/h5-8,13,15,17,25H,9-12,14H2,1-4H3. The molecule has 154 valence electrons. The molecule has 0 saturated carbocycles. The van der Waals surface area contributed by atoms with E-state index >= 15 is 0 Å². The van der Waals surface area contributed by atoms with Crippen LogP contribution in [0, 0.1) is 6.92 Å². The summed E-state index contributed by atoms with van der Waals surface area (Å²) >= 11 is 0. The predicted octanol–water partition coefficient (Wildman–Crippen LogP) is 3.73. The minimum Gasteiger partial charge on any atom is -0.378 e. The molecular weight excluding hydrogens is 364 g/mol. The summed E-state index contributed by atoms with van der Waals surface area (Å²) < 4.78 is 6.94. The highest BCUT2D eigenvalue weighted by atomic mass is 16.5. The third kappa shape index (κ3) is 3.87. The fourth-order valence-corrected chi connectivity index (χ4v) is 4.29. The van der Waals surface area contributed by atoms with Crippen LogP contribution >= 0.6 is 0 Å². The van der Waals surface area contributed by atoms with Crippen LogP contribution in [0.5, 0.6) is 0 Å². The van der Waals surface area contributed by atoms with Crippen molar-refractivity contribution in [3.8, 4) is 11.1 Å². The van der Waals surface area contributed by atoms with Crippen molar-refractivity contribution in [2.45, 2.75) is 52.2 Å². The quantitative estimate of drug-likeness (QED) is 0.716. The maximum absolute atomic E-state index is 12.9. The Morgan fingerprint density at radius 3 is 2.52 bits per heavy atom. The van der Waals surface area contributed by atoms with Crippen molar-refractivity contribution in [1.29, 1.82) is 0 Å². The van der Waals surface area contributed by atoms with E-state index in [-0.39, 0.29) is 5.56 Å². The number of H-pyrrole nitrogens is 1. The molecule has 0 amide bonds. The van der Waals surface area contributed by atoms with Gasteiger partial charge in [0.25, 0.3) is 5.56 Å². The van der Waals surface area contributed by atoms with E-state index in [2.05, 4.69) is 55.0 Å². The van der Waals surface area contributed by atoms with Crippen LogP contribution in [-0.2, 0) is 11.3 Å². The van der Waals surface area contributed by atoms with Gasteiger partial charge in [0.1, 0.15) is 0 Å². The number of aromatic nitrogens is 3. The highest BCUT2D eigenvalue weighted by Gasteiger charge is 2.25. The minimum atomic E-state index is -0.0630. The van der Waals surface area contributed by atoms with E-state index < -0.39 is 0 Å². The zero-order valence-corrected chi connectivity index (χ0v) is 17.7. The fourth-order valence-electron chi connectivity index (χ4n) is 4.29. The molecule has 1 aliphatic rings. The van der Waals surface area contributed by atoms with Crippen LogP contribution in [0.3, 0.4) is 0 Å². The first-order valence-corrected chi connectivity index (χ1v) is 10.4. The van der Waals surface area contributed by atoms with Gasteiger partial charge in [-0.15, -0.1) is 0 Å². The highest BCUT2D eigenvalue weighted by Crippen LogP contribution is 2.31. The molecule has 0 spiro atoms. The number of ether oxygens (including phenoxy) is 1. The van der Waals surface area contributed by atoms with Crippen molar-refractivity contribution in [2.24, 2.45) is 0 Å². The van der Waals surface area contributed by atoms with Crippen molar-refractivity contribution < 1.29 is 4.74 Å². The first kappa shape index (κ1) is 19.9. The number of piperidine rings is 1. The van der Waals surface area contributed by atoms with E-state index in [4.69, 9.17) is 9.72 Å². The minimum absolute atomic E-state index is 0.0630. The molecule has 0 atom stereocenters. The molecule has 29 heavy (non-hydrogen) atoms. The van der Waals surface area contributed by atoms with Gasteiger partial charge in [-0.3, -0.25) is 9.89 Å². The SMILES string of the molecule is COCc1[nH]n2c(=O)cc(C3CCN(C(C)C)CC3)nc2c1-c1ccc(C)cc1. The lowest BCUT2D eigenvalue weighted by Crippen LogP contribution is -2.38. The van der Waals surface area contributed by atoms with Crippen LogP contribution in [0.15, 0.2) is 35.1 Å². The lowest BCUT2D eigenvalue weighted by molar-refractivity contribution is 0.171. The van der Waals surface area contributed by atoms with Gasteiger partial charge in [0, 0.05) is 30.7 Å². The average Bonchev–Trinajstić information content (AvgIpc) is 3.08. The Bertz CT molecular complexity index is 1040. The van der Waals surface area contributed by atoms with Gasteiger partial charge in [0.2, 0.25) is 0 Å². The Hall–Kier alpha value is -2.44. The van der Waals surface area contributed by atoms with Gasteiger partial charge in [-0.2, -0.15) is 0 Å². The van der Waals surface area contributed by atoms with Crippen LogP contribution < -0.4 is 5.56 Å². The Labute approximate surface area is 171 Å². The topological polar surface area (TPSA) is 62.6 Å². The van der Waals surface area contributed by atoms with E-state index in [0.29, 0.717) is 24.2 Å². The second kappa shape index (κ2) is 8.13. The Balaban J connectivity index is 1.79. The number of aryl methyl sites for hydroxylation is 1. The smallest absolute Gasteiger partial charge is 0.272 e. The van der Waals surface area contributed by atoms with Crippen LogP contribution in [-0.4, -0.2) is 45.7 Å². The van der Waals surface area contributed by atoms with E-state index in [1.807, 2.05) is 0 Å². The van der Waals surface area contributed by atoms with Gasteiger partial charge in [-0.25, -0.2) is 9.50 Å². The molecule has 3 heterocycles. The molecule has 0 unspecified atom stereocenters. The number of nitrogens with one attached hydrogen (secondary N) is 1. The van der Waals surface area contributed by atoms with E-state index in [9.17, 15) is 4.79 Å². The summed E-state index contributed by atoms with van der Waals surface area (Å²) in [6.45, 7) is 9.05. The number of benzene rings is 1. The van der Waals surface area contributed by atoms with Crippen molar-refractivity contribution >= 4 is 5.65 Å². The average molecular weight is 395 g/mol. The van der Waals surface area contributed by atoms with Crippen LogP contribution in [0.1, 0.15) is 49.6 Å². The first-order valence-electron chi connectivity index (χ1n) is 10.4. The summed E-state index contributed by atoms with van der Waals surface area (Å²) in [5, 5.41) is 3.21. The third-order valence-electron chi connectivity index (χ3n) is 6.02.